The maximum absolute atomic E-state index is 12.1. The van der Waals surface area contributed by atoms with E-state index in [1.807, 2.05) is 0 Å². The summed E-state index contributed by atoms with van der Waals surface area (Å²) in [5.74, 6) is -1.13. The minimum absolute atomic E-state index is 0.0806. The molecule has 0 aliphatic carbocycles. The first-order valence-electron chi connectivity index (χ1n) is 13.8. The Kier molecular flexibility index (Phi) is 23.9. The van der Waals surface area contributed by atoms with Crippen molar-refractivity contribution < 1.29 is 19.4 Å². The summed E-state index contributed by atoms with van der Waals surface area (Å²) >= 11 is 0. The average molecular weight is 465 g/mol. The van der Waals surface area contributed by atoms with Gasteiger partial charge in [0.25, 0.3) is 0 Å². The third-order valence-corrected chi connectivity index (χ3v) is 5.91. The number of unbranched alkanes of at least 4 members (excludes halogenated alkanes) is 13. The largest absolute Gasteiger partial charge is 0.481 e. The molecule has 0 amide bonds. The Morgan fingerprint density at radius 3 is 1.82 bits per heavy atom. The number of carboxylic acids is 1. The summed E-state index contributed by atoms with van der Waals surface area (Å²) in [5.41, 5.74) is 0. The number of carbonyl (C=O) groups excluding carboxylic acids is 1. The first kappa shape index (κ1) is 31.4. The molecule has 0 aliphatic heterocycles. The van der Waals surface area contributed by atoms with Gasteiger partial charge in [-0.15, -0.1) is 0 Å². The average Bonchev–Trinajstić information content (AvgIpc) is 2.78. The molecule has 192 valence electrons. The number of hydrogen-bond donors (Lipinski definition) is 1. The summed E-state index contributed by atoms with van der Waals surface area (Å²) < 4.78 is 5.44. The highest BCUT2D eigenvalue weighted by Gasteiger charge is 2.17. The Morgan fingerprint density at radius 2 is 1.21 bits per heavy atom. The van der Waals surface area contributed by atoms with Crippen LogP contribution in [0.4, 0.5) is 0 Å². The molecular weight excluding hydrogens is 412 g/mol. The van der Waals surface area contributed by atoms with Gasteiger partial charge in [0, 0.05) is 6.42 Å². The topological polar surface area (TPSA) is 63.6 Å². The van der Waals surface area contributed by atoms with Gasteiger partial charge in [-0.05, 0) is 51.4 Å². The van der Waals surface area contributed by atoms with Gasteiger partial charge in [0.1, 0.15) is 6.10 Å². The van der Waals surface area contributed by atoms with Gasteiger partial charge in [0.15, 0.2) is 0 Å². The zero-order valence-electron chi connectivity index (χ0n) is 21.7. The van der Waals surface area contributed by atoms with Crippen LogP contribution in [0, 0.1) is 0 Å². The second-order valence-electron chi connectivity index (χ2n) is 9.25. The lowest BCUT2D eigenvalue weighted by molar-refractivity contribution is -0.153. The van der Waals surface area contributed by atoms with Crippen molar-refractivity contribution in [2.45, 2.75) is 148 Å². The van der Waals surface area contributed by atoms with Gasteiger partial charge in [0.05, 0.1) is 6.42 Å². The highest BCUT2D eigenvalue weighted by Crippen LogP contribution is 2.15. The number of rotatable bonds is 24. The smallest absolute Gasteiger partial charge is 0.307 e. The Morgan fingerprint density at radius 1 is 0.697 bits per heavy atom. The Hall–Kier alpha value is -1.58. The molecule has 0 aromatic carbocycles. The van der Waals surface area contributed by atoms with Crippen LogP contribution in [0.2, 0.25) is 0 Å². The number of carbonyl (C=O) groups is 2. The summed E-state index contributed by atoms with van der Waals surface area (Å²) in [6.07, 6.45) is 29.4. The quantitative estimate of drug-likeness (QED) is 0.0879. The van der Waals surface area contributed by atoms with Gasteiger partial charge < -0.3 is 9.84 Å². The number of esters is 1. The molecule has 1 unspecified atom stereocenters. The molecule has 33 heavy (non-hydrogen) atoms. The second kappa shape index (κ2) is 25.1. The first-order valence-corrected chi connectivity index (χ1v) is 13.8. The molecule has 4 heteroatoms. The van der Waals surface area contributed by atoms with E-state index in [0.29, 0.717) is 12.8 Å². The molecule has 0 aromatic rings. The number of aliphatic carboxylic acids is 1. The van der Waals surface area contributed by atoms with Crippen LogP contribution in [0.25, 0.3) is 0 Å². The number of hydrogen-bond acceptors (Lipinski definition) is 3. The highest BCUT2D eigenvalue weighted by molar-refractivity contribution is 5.71. The molecule has 0 fully saturated rings. The standard InChI is InChI=1S/C29H52O4/c1-3-5-7-9-10-11-12-13-14-15-16-17-18-19-20-21-23-25-29(32)33-27(26-28(30)31)24-22-8-6-4-2/h10-11,13-14,27H,3-9,12,15-26H2,1-2H3,(H,30,31)/b11-10-,14-13-. The van der Waals surface area contributed by atoms with Gasteiger partial charge in [-0.1, -0.05) is 102 Å². The van der Waals surface area contributed by atoms with Crippen LogP contribution in [0.15, 0.2) is 24.3 Å². The van der Waals surface area contributed by atoms with Crippen molar-refractivity contribution in [2.24, 2.45) is 0 Å². The van der Waals surface area contributed by atoms with Gasteiger partial charge in [-0.3, -0.25) is 9.59 Å². The third-order valence-electron chi connectivity index (χ3n) is 5.91. The maximum atomic E-state index is 12.1. The van der Waals surface area contributed by atoms with E-state index in [2.05, 4.69) is 38.2 Å². The molecule has 0 aliphatic rings. The summed E-state index contributed by atoms with van der Waals surface area (Å²) in [4.78, 5) is 23.1. The van der Waals surface area contributed by atoms with Gasteiger partial charge in [-0.25, -0.2) is 0 Å². The van der Waals surface area contributed by atoms with Gasteiger partial charge in [0.2, 0.25) is 0 Å². The van der Waals surface area contributed by atoms with Crippen molar-refractivity contribution >= 4 is 11.9 Å². The fourth-order valence-corrected chi connectivity index (χ4v) is 3.88. The van der Waals surface area contributed by atoms with E-state index in [1.54, 1.807) is 0 Å². The number of ether oxygens (including phenoxy) is 1. The lowest BCUT2D eigenvalue weighted by Gasteiger charge is -2.16. The molecule has 4 nitrogen and oxygen atoms in total. The van der Waals surface area contributed by atoms with Crippen molar-refractivity contribution in [2.75, 3.05) is 0 Å². The summed E-state index contributed by atoms with van der Waals surface area (Å²) in [6.45, 7) is 4.38. The minimum atomic E-state index is -0.895. The van der Waals surface area contributed by atoms with Crippen molar-refractivity contribution in [3.63, 3.8) is 0 Å². The molecule has 0 rings (SSSR count). The lowest BCUT2D eigenvalue weighted by atomic mass is 10.1. The molecule has 1 atom stereocenters. The van der Waals surface area contributed by atoms with E-state index in [9.17, 15) is 9.59 Å². The first-order chi connectivity index (χ1) is 16.1. The van der Waals surface area contributed by atoms with Crippen LogP contribution in [-0.4, -0.2) is 23.1 Å². The minimum Gasteiger partial charge on any atom is -0.481 e. The van der Waals surface area contributed by atoms with Crippen LogP contribution in [0.5, 0.6) is 0 Å². The molecule has 0 spiro atoms. The monoisotopic (exact) mass is 464 g/mol. The second-order valence-corrected chi connectivity index (χ2v) is 9.25. The van der Waals surface area contributed by atoms with Crippen molar-refractivity contribution in [3.8, 4) is 0 Å². The van der Waals surface area contributed by atoms with Crippen LogP contribution >= 0.6 is 0 Å². The normalized spacial score (nSPS) is 12.5. The van der Waals surface area contributed by atoms with Crippen molar-refractivity contribution in [1.82, 2.24) is 0 Å². The zero-order valence-corrected chi connectivity index (χ0v) is 21.7. The molecule has 0 saturated carbocycles. The molecular formula is C29H52O4. The Bertz CT molecular complexity index is 510. The predicted molar refractivity (Wildman–Crippen MR) is 139 cm³/mol. The van der Waals surface area contributed by atoms with E-state index in [-0.39, 0.29) is 12.4 Å². The Labute approximate surface area is 204 Å². The third kappa shape index (κ3) is 24.9. The van der Waals surface area contributed by atoms with Gasteiger partial charge in [-0.2, -0.15) is 0 Å². The molecule has 0 heterocycles. The van der Waals surface area contributed by atoms with Crippen LogP contribution in [0.3, 0.4) is 0 Å². The number of carboxylic acid groups (broad SMARTS) is 1. The molecule has 0 bridgehead atoms. The van der Waals surface area contributed by atoms with Crippen LogP contribution in [0.1, 0.15) is 142 Å². The summed E-state index contributed by atoms with van der Waals surface area (Å²) in [7, 11) is 0. The van der Waals surface area contributed by atoms with E-state index in [4.69, 9.17) is 9.84 Å². The molecule has 0 radical (unpaired) electrons. The van der Waals surface area contributed by atoms with E-state index < -0.39 is 12.1 Å². The fourth-order valence-electron chi connectivity index (χ4n) is 3.88. The molecule has 0 saturated heterocycles. The van der Waals surface area contributed by atoms with Crippen LogP contribution in [-0.2, 0) is 14.3 Å². The van der Waals surface area contributed by atoms with Crippen molar-refractivity contribution in [1.29, 1.82) is 0 Å². The highest BCUT2D eigenvalue weighted by atomic mass is 16.5. The van der Waals surface area contributed by atoms with E-state index in [1.165, 1.54) is 57.8 Å². The Balaban J connectivity index is 3.60. The van der Waals surface area contributed by atoms with E-state index >= 15 is 0 Å². The van der Waals surface area contributed by atoms with E-state index in [0.717, 1.165) is 51.4 Å². The van der Waals surface area contributed by atoms with Crippen LogP contribution < -0.4 is 0 Å². The van der Waals surface area contributed by atoms with Crippen molar-refractivity contribution in [3.05, 3.63) is 24.3 Å². The SMILES string of the molecule is CCCCC/C=C\C/C=C\CCCCCCCCCC(=O)OC(CCCCCC)CC(=O)O. The maximum Gasteiger partial charge on any atom is 0.307 e. The fraction of sp³-hybridized carbons (Fsp3) is 0.793. The summed E-state index contributed by atoms with van der Waals surface area (Å²) in [5, 5.41) is 9.03. The summed E-state index contributed by atoms with van der Waals surface area (Å²) in [6, 6.07) is 0. The zero-order chi connectivity index (χ0) is 24.4. The predicted octanol–water partition coefficient (Wildman–Crippen LogP) is 8.94. The van der Waals surface area contributed by atoms with Gasteiger partial charge >= 0.3 is 11.9 Å². The molecule has 1 N–H and O–H groups in total. The number of allylic oxidation sites excluding steroid dienone is 4. The lowest BCUT2D eigenvalue weighted by Crippen LogP contribution is -2.21. The molecule has 0 aromatic heterocycles.